The van der Waals surface area contributed by atoms with E-state index in [9.17, 15) is 4.79 Å². The van der Waals surface area contributed by atoms with Crippen LogP contribution < -0.4 is 19.9 Å². The minimum absolute atomic E-state index is 0.0720. The number of amides is 1. The minimum atomic E-state index is -0.364. The molecule has 0 aliphatic carbocycles. The van der Waals surface area contributed by atoms with E-state index in [-0.39, 0.29) is 21.8 Å². The van der Waals surface area contributed by atoms with Gasteiger partial charge in [0.1, 0.15) is 18.1 Å². The second kappa shape index (κ2) is 10.9. The van der Waals surface area contributed by atoms with Crippen LogP contribution in [0.25, 0.3) is 11.1 Å². The molecule has 2 atom stereocenters. The maximum Gasteiger partial charge on any atom is 0.230 e. The van der Waals surface area contributed by atoms with Gasteiger partial charge in [-0.15, -0.1) is 0 Å². The van der Waals surface area contributed by atoms with Crippen molar-refractivity contribution in [2.24, 2.45) is 5.73 Å². The Kier molecular flexibility index (Phi) is 7.70. The molecule has 3 aromatic carbocycles. The third kappa shape index (κ3) is 5.69. The number of nitrogens with two attached hydrogens (primary N) is 1. The lowest BCUT2D eigenvalue weighted by molar-refractivity contribution is -0.118. The van der Waals surface area contributed by atoms with Gasteiger partial charge >= 0.3 is 0 Å². The lowest BCUT2D eigenvalue weighted by Crippen LogP contribution is -2.06. The summed E-state index contributed by atoms with van der Waals surface area (Å²) < 4.78 is 14.8. The Balaban J connectivity index is 1.43. The van der Waals surface area contributed by atoms with Crippen LogP contribution in [0, 0.1) is 13.8 Å². The van der Waals surface area contributed by atoms with E-state index in [0.717, 1.165) is 29.0 Å². The van der Waals surface area contributed by atoms with Crippen molar-refractivity contribution in [1.29, 1.82) is 0 Å². The number of hydrogen-bond donors (Lipinski definition) is 2. The Labute approximate surface area is 204 Å². The molecule has 1 fully saturated rings. The first kappa shape index (κ1) is 24.0. The second-order valence-electron chi connectivity index (χ2n) is 8.63. The summed E-state index contributed by atoms with van der Waals surface area (Å²) in [5.74, 6) is 5.83. The van der Waals surface area contributed by atoms with Crippen LogP contribution in [0.1, 0.15) is 40.3 Å². The predicted octanol–water partition coefficient (Wildman–Crippen LogP) is 5.45. The number of rotatable bonds is 9. The van der Waals surface area contributed by atoms with Crippen LogP contribution in [0.15, 0.2) is 60.7 Å². The molecule has 0 saturated carbocycles. The standard InChI is InChI=1S/C28H32N2O3S/c1-19-14-25(32-13-5-12-29)15-20(2)28(19)23-7-4-6-21(16-23)18-33-24-10-8-22(9-11-24)26-17-27(31)30-34(26)3/h4,6-11,14-16,26H,3,5,12-13,17-18,29H2,1-2H3,(H,30,31). The molecule has 178 valence electrons. The number of carbonyl (C=O) groups excluding carboxylic acids is 1. The monoisotopic (exact) mass is 476 g/mol. The molecular formula is C28H32N2O3S. The molecule has 0 spiro atoms. The van der Waals surface area contributed by atoms with Gasteiger partial charge < -0.3 is 19.9 Å². The van der Waals surface area contributed by atoms with E-state index in [1.165, 1.54) is 22.3 Å². The number of benzene rings is 3. The molecule has 1 aliphatic heterocycles. The van der Waals surface area contributed by atoms with Gasteiger partial charge in [-0.3, -0.25) is 4.79 Å². The Morgan fingerprint density at radius 1 is 1.03 bits per heavy atom. The Morgan fingerprint density at radius 3 is 2.41 bits per heavy atom. The van der Waals surface area contributed by atoms with Gasteiger partial charge in [0.25, 0.3) is 0 Å². The highest BCUT2D eigenvalue weighted by Gasteiger charge is 2.26. The minimum Gasteiger partial charge on any atom is -0.494 e. The molecule has 34 heavy (non-hydrogen) atoms. The van der Waals surface area contributed by atoms with Crippen LogP contribution in [0.2, 0.25) is 0 Å². The molecule has 1 heterocycles. The van der Waals surface area contributed by atoms with Crippen molar-refractivity contribution in [2.45, 2.75) is 38.5 Å². The highest BCUT2D eigenvalue weighted by Crippen LogP contribution is 2.39. The van der Waals surface area contributed by atoms with E-state index >= 15 is 0 Å². The Hall–Kier alpha value is -3.09. The summed E-state index contributed by atoms with van der Waals surface area (Å²) in [5, 5.41) is 0.141. The maximum absolute atomic E-state index is 11.6. The van der Waals surface area contributed by atoms with E-state index in [4.69, 9.17) is 15.2 Å². The summed E-state index contributed by atoms with van der Waals surface area (Å²) in [6.45, 7) is 5.98. The van der Waals surface area contributed by atoms with Crippen molar-refractivity contribution in [3.63, 3.8) is 0 Å². The van der Waals surface area contributed by atoms with Crippen LogP contribution in [0.3, 0.4) is 0 Å². The molecule has 1 amide bonds. The van der Waals surface area contributed by atoms with Crippen molar-refractivity contribution in [2.75, 3.05) is 13.2 Å². The number of nitrogens with one attached hydrogen (secondary N) is 1. The Morgan fingerprint density at radius 2 is 1.76 bits per heavy atom. The van der Waals surface area contributed by atoms with E-state index in [2.05, 4.69) is 60.8 Å². The Bertz CT molecular complexity index is 1170. The molecule has 1 aliphatic rings. The van der Waals surface area contributed by atoms with Gasteiger partial charge in [0.2, 0.25) is 5.91 Å². The van der Waals surface area contributed by atoms with Gasteiger partial charge in [-0.1, -0.05) is 46.9 Å². The number of hydrogen-bond acceptors (Lipinski definition) is 4. The maximum atomic E-state index is 11.6. The fourth-order valence-electron chi connectivity index (χ4n) is 4.31. The van der Waals surface area contributed by atoms with E-state index in [0.29, 0.717) is 26.2 Å². The molecule has 0 bridgehead atoms. The molecule has 0 aromatic heterocycles. The topological polar surface area (TPSA) is 73.6 Å². The third-order valence-corrected chi connectivity index (χ3v) is 7.57. The van der Waals surface area contributed by atoms with E-state index < -0.39 is 0 Å². The van der Waals surface area contributed by atoms with Crippen LogP contribution in [-0.2, 0) is 11.4 Å². The number of ether oxygens (including phenoxy) is 2. The first-order valence-electron chi connectivity index (χ1n) is 11.5. The quantitative estimate of drug-likeness (QED) is 0.318. The molecule has 2 unspecified atom stereocenters. The van der Waals surface area contributed by atoms with Crippen LogP contribution in [0.5, 0.6) is 11.5 Å². The van der Waals surface area contributed by atoms with E-state index in [1.54, 1.807) is 0 Å². The fraction of sp³-hybridized carbons (Fsp3) is 0.286. The SMILES string of the molecule is C=S1NC(=O)CC1c1ccc(OCc2cccc(-c3c(C)cc(OCCCN)cc3C)c2)cc1. The second-order valence-corrected chi connectivity index (χ2v) is 10.3. The summed E-state index contributed by atoms with van der Waals surface area (Å²) in [4.78, 5) is 11.6. The largest absolute Gasteiger partial charge is 0.494 e. The summed E-state index contributed by atoms with van der Waals surface area (Å²) in [6.07, 6.45) is 1.35. The van der Waals surface area contributed by atoms with Crippen LogP contribution in [-0.4, -0.2) is 24.9 Å². The van der Waals surface area contributed by atoms with Gasteiger partial charge in [-0.2, -0.15) is 0 Å². The van der Waals surface area contributed by atoms with Crippen molar-refractivity contribution in [3.8, 4) is 22.6 Å². The number of aryl methyl sites for hydroxylation is 2. The first-order valence-corrected chi connectivity index (χ1v) is 13.0. The number of carbonyl (C=O) groups is 1. The molecule has 5 nitrogen and oxygen atoms in total. The molecule has 1 saturated heterocycles. The van der Waals surface area contributed by atoms with Crippen LogP contribution >= 0.6 is 10.7 Å². The zero-order valence-electron chi connectivity index (χ0n) is 19.8. The van der Waals surface area contributed by atoms with Crippen LogP contribution in [0.4, 0.5) is 0 Å². The molecule has 3 aromatic rings. The molecule has 6 heteroatoms. The van der Waals surface area contributed by atoms with Gasteiger partial charge in [-0.05, 0) is 90.5 Å². The smallest absolute Gasteiger partial charge is 0.230 e. The molecule has 4 rings (SSSR count). The normalized spacial score (nSPS) is 17.4. The molecular weight excluding hydrogens is 444 g/mol. The average Bonchev–Trinajstić information content (AvgIpc) is 3.16. The average molecular weight is 477 g/mol. The lowest BCUT2D eigenvalue weighted by atomic mass is 9.94. The van der Waals surface area contributed by atoms with Gasteiger partial charge in [0.15, 0.2) is 0 Å². The highest BCUT2D eigenvalue weighted by molar-refractivity contribution is 8.13. The fourth-order valence-corrected chi connectivity index (χ4v) is 5.66. The van der Waals surface area contributed by atoms with Gasteiger partial charge in [0, 0.05) is 6.42 Å². The van der Waals surface area contributed by atoms with Crippen molar-refractivity contribution < 1.29 is 14.3 Å². The highest BCUT2D eigenvalue weighted by atomic mass is 32.2. The van der Waals surface area contributed by atoms with Crippen molar-refractivity contribution in [3.05, 3.63) is 82.9 Å². The lowest BCUT2D eigenvalue weighted by Gasteiger charge is -2.15. The first-order chi connectivity index (χ1) is 16.4. The zero-order chi connectivity index (χ0) is 24.1. The molecule has 0 radical (unpaired) electrons. The predicted molar refractivity (Wildman–Crippen MR) is 142 cm³/mol. The van der Waals surface area contributed by atoms with Crippen molar-refractivity contribution in [1.82, 2.24) is 4.72 Å². The summed E-state index contributed by atoms with van der Waals surface area (Å²) >= 11 is 0. The summed E-state index contributed by atoms with van der Waals surface area (Å²) in [6, 6.07) is 20.7. The van der Waals surface area contributed by atoms with Gasteiger partial charge in [0.05, 0.1) is 11.9 Å². The summed E-state index contributed by atoms with van der Waals surface area (Å²) in [7, 11) is -0.364. The third-order valence-electron chi connectivity index (χ3n) is 5.96. The van der Waals surface area contributed by atoms with Crippen molar-refractivity contribution >= 4 is 22.4 Å². The zero-order valence-corrected chi connectivity index (χ0v) is 20.6. The van der Waals surface area contributed by atoms with Gasteiger partial charge in [-0.25, -0.2) is 0 Å². The molecule has 3 N–H and O–H groups in total. The summed E-state index contributed by atoms with van der Waals surface area (Å²) in [5.41, 5.74) is 12.5. The van der Waals surface area contributed by atoms with E-state index in [1.807, 2.05) is 24.3 Å².